The molecule has 0 bridgehead atoms. The molecule has 2 aromatic rings. The van der Waals surface area contributed by atoms with Crippen molar-refractivity contribution in [1.29, 1.82) is 0 Å². The number of rotatable bonds is 6. The van der Waals surface area contributed by atoms with Crippen LogP contribution in [0.1, 0.15) is 47.1 Å². The van der Waals surface area contributed by atoms with Crippen molar-refractivity contribution < 1.29 is 27.5 Å². The molecule has 0 N–H and O–H groups in total. The number of carbonyl (C=O) groups is 2. The van der Waals surface area contributed by atoms with Crippen LogP contribution in [-0.4, -0.2) is 39.7 Å². The van der Waals surface area contributed by atoms with E-state index < -0.39 is 41.3 Å². The number of carbonyl (C=O) groups excluding carboxylic acids is 2. The van der Waals surface area contributed by atoms with Crippen molar-refractivity contribution in [2.45, 2.75) is 45.7 Å². The second-order valence-corrected chi connectivity index (χ2v) is 7.68. The Balaban J connectivity index is 1.57. The maximum atomic E-state index is 14.0. The first-order chi connectivity index (χ1) is 14.4. The van der Waals surface area contributed by atoms with Gasteiger partial charge in [0.15, 0.2) is 17.3 Å². The largest absolute Gasteiger partial charge is 0.461 e. The quantitative estimate of drug-likeness (QED) is 0.531. The van der Waals surface area contributed by atoms with E-state index in [2.05, 4.69) is 5.10 Å². The maximum Gasteiger partial charge on any atom is 0.359 e. The van der Waals surface area contributed by atoms with Crippen molar-refractivity contribution in [2.24, 2.45) is 5.92 Å². The van der Waals surface area contributed by atoms with Gasteiger partial charge in [0.1, 0.15) is 5.82 Å². The molecule has 0 radical (unpaired) electrons. The van der Waals surface area contributed by atoms with E-state index in [9.17, 15) is 22.8 Å². The van der Waals surface area contributed by atoms with Gasteiger partial charge in [-0.1, -0.05) is 0 Å². The molecule has 1 aromatic heterocycles. The molecule has 6 nitrogen and oxygen atoms in total. The fourth-order valence-electron chi connectivity index (χ4n) is 3.76. The Hall–Kier alpha value is -2.84. The predicted octanol–water partition coefficient (Wildman–Crippen LogP) is 3.01. The lowest BCUT2D eigenvalue weighted by atomic mass is 10.0. The molecule has 0 atom stereocenters. The third-order valence-electron chi connectivity index (χ3n) is 5.55. The van der Waals surface area contributed by atoms with Gasteiger partial charge in [0.25, 0.3) is 0 Å². The van der Waals surface area contributed by atoms with Crippen LogP contribution >= 0.6 is 0 Å². The highest BCUT2D eigenvalue weighted by molar-refractivity contribution is 5.89. The highest BCUT2D eigenvalue weighted by Gasteiger charge is 2.33. The Bertz CT molecular complexity index is 1000. The Kier molecular flexibility index (Phi) is 5.53. The Morgan fingerprint density at radius 1 is 1.20 bits per heavy atom. The van der Waals surface area contributed by atoms with Crippen molar-refractivity contribution in [2.75, 3.05) is 13.2 Å². The predicted molar refractivity (Wildman–Crippen MR) is 100 cm³/mol. The monoisotopic (exact) mass is 421 g/mol. The van der Waals surface area contributed by atoms with Gasteiger partial charge < -0.3 is 9.64 Å². The van der Waals surface area contributed by atoms with Gasteiger partial charge in [-0.2, -0.15) is 5.10 Å². The standard InChI is InChI=1S/C21H22F3N3O3/c1-2-30-21(29)20-14-11-26(8-7-17(14)27(25-20)10-12-3-4-12)18(28)9-13-15(22)5-6-16(23)19(13)24/h5-6,12H,2-4,7-11H2,1H3. The molecule has 1 aliphatic carbocycles. The number of hydrogen-bond acceptors (Lipinski definition) is 4. The lowest BCUT2D eigenvalue weighted by Gasteiger charge is -2.28. The Morgan fingerprint density at radius 2 is 1.93 bits per heavy atom. The summed E-state index contributed by atoms with van der Waals surface area (Å²) < 4.78 is 48.3. The van der Waals surface area contributed by atoms with E-state index in [4.69, 9.17) is 4.74 Å². The first-order valence-corrected chi connectivity index (χ1v) is 10.0. The number of esters is 1. The first-order valence-electron chi connectivity index (χ1n) is 10.0. The average molecular weight is 421 g/mol. The molecule has 1 aromatic carbocycles. The average Bonchev–Trinajstić information content (AvgIpc) is 3.47. The molecule has 2 aliphatic rings. The van der Waals surface area contributed by atoms with Crippen LogP contribution in [0.2, 0.25) is 0 Å². The number of aromatic nitrogens is 2. The third-order valence-corrected chi connectivity index (χ3v) is 5.55. The molecular formula is C21H22F3N3O3. The molecule has 1 saturated carbocycles. The Morgan fingerprint density at radius 3 is 2.63 bits per heavy atom. The van der Waals surface area contributed by atoms with Crippen LogP contribution in [-0.2, 0) is 35.5 Å². The van der Waals surface area contributed by atoms with E-state index >= 15 is 0 Å². The van der Waals surface area contributed by atoms with Crippen LogP contribution in [0.25, 0.3) is 0 Å². The van der Waals surface area contributed by atoms with Crippen LogP contribution in [0.15, 0.2) is 12.1 Å². The SMILES string of the molecule is CCOC(=O)c1nn(CC2CC2)c2c1CN(C(=O)Cc1c(F)ccc(F)c1F)CC2. The van der Waals surface area contributed by atoms with Gasteiger partial charge in [0, 0.05) is 42.9 Å². The zero-order valence-corrected chi connectivity index (χ0v) is 16.6. The molecule has 2 heterocycles. The minimum absolute atomic E-state index is 0.0888. The van der Waals surface area contributed by atoms with Gasteiger partial charge in [-0.3, -0.25) is 9.48 Å². The van der Waals surface area contributed by atoms with Gasteiger partial charge in [0.05, 0.1) is 13.0 Å². The summed E-state index contributed by atoms with van der Waals surface area (Å²) >= 11 is 0. The number of nitrogens with zero attached hydrogens (tertiary/aromatic N) is 3. The minimum Gasteiger partial charge on any atom is -0.461 e. The van der Waals surface area contributed by atoms with Crippen LogP contribution in [0.4, 0.5) is 13.2 Å². The van der Waals surface area contributed by atoms with Crippen molar-refractivity contribution in [3.05, 3.63) is 52.1 Å². The van der Waals surface area contributed by atoms with Crippen molar-refractivity contribution in [1.82, 2.24) is 14.7 Å². The Labute approximate surface area is 171 Å². The number of halogens is 3. The van der Waals surface area contributed by atoms with Crippen molar-refractivity contribution in [3.8, 4) is 0 Å². The topological polar surface area (TPSA) is 64.4 Å². The number of benzene rings is 1. The summed E-state index contributed by atoms with van der Waals surface area (Å²) in [5.74, 6) is -4.09. The lowest BCUT2D eigenvalue weighted by Crippen LogP contribution is -2.38. The second-order valence-electron chi connectivity index (χ2n) is 7.68. The summed E-state index contributed by atoms with van der Waals surface area (Å²) in [6.45, 7) is 3.03. The molecule has 1 amide bonds. The van der Waals surface area contributed by atoms with Crippen LogP contribution in [0, 0.1) is 23.4 Å². The van der Waals surface area contributed by atoms with E-state index in [-0.39, 0.29) is 18.8 Å². The zero-order chi connectivity index (χ0) is 21.4. The molecule has 9 heteroatoms. The fraction of sp³-hybridized carbons (Fsp3) is 0.476. The summed E-state index contributed by atoms with van der Waals surface area (Å²) in [5, 5.41) is 4.44. The molecular weight excluding hydrogens is 399 g/mol. The van der Waals surface area contributed by atoms with Crippen molar-refractivity contribution >= 4 is 11.9 Å². The smallest absolute Gasteiger partial charge is 0.359 e. The van der Waals surface area contributed by atoms with E-state index in [0.29, 0.717) is 30.5 Å². The normalized spacial score (nSPS) is 15.8. The molecule has 0 saturated heterocycles. The second kappa shape index (κ2) is 8.12. The molecule has 0 spiro atoms. The highest BCUT2D eigenvalue weighted by atomic mass is 19.2. The maximum absolute atomic E-state index is 14.0. The summed E-state index contributed by atoms with van der Waals surface area (Å²) in [5.41, 5.74) is 1.07. The van der Waals surface area contributed by atoms with Gasteiger partial charge >= 0.3 is 5.97 Å². The summed E-state index contributed by atoms with van der Waals surface area (Å²) in [6, 6.07) is 1.49. The first kappa shape index (κ1) is 20.4. The van der Waals surface area contributed by atoms with Gasteiger partial charge in [-0.25, -0.2) is 18.0 Å². The van der Waals surface area contributed by atoms with Crippen LogP contribution in [0.3, 0.4) is 0 Å². The minimum atomic E-state index is -1.36. The van der Waals surface area contributed by atoms with E-state index in [1.54, 1.807) is 6.92 Å². The lowest BCUT2D eigenvalue weighted by molar-refractivity contribution is -0.131. The molecule has 0 unspecified atom stereocenters. The van der Waals surface area contributed by atoms with E-state index in [1.807, 2.05) is 4.68 Å². The number of ether oxygens (including phenoxy) is 1. The number of fused-ring (bicyclic) bond motifs is 1. The number of amides is 1. The fourth-order valence-corrected chi connectivity index (χ4v) is 3.76. The molecule has 1 fully saturated rings. The van der Waals surface area contributed by atoms with Crippen molar-refractivity contribution in [3.63, 3.8) is 0 Å². The highest BCUT2D eigenvalue weighted by Crippen LogP contribution is 2.33. The zero-order valence-electron chi connectivity index (χ0n) is 16.6. The van der Waals surface area contributed by atoms with Gasteiger partial charge in [-0.05, 0) is 37.8 Å². The van der Waals surface area contributed by atoms with Gasteiger partial charge in [-0.15, -0.1) is 0 Å². The molecule has 160 valence electrons. The summed E-state index contributed by atoms with van der Waals surface area (Å²) in [6.07, 6.45) is 2.11. The summed E-state index contributed by atoms with van der Waals surface area (Å²) in [7, 11) is 0. The third kappa shape index (κ3) is 3.93. The molecule has 1 aliphatic heterocycles. The molecule has 30 heavy (non-hydrogen) atoms. The van der Waals surface area contributed by atoms with Crippen LogP contribution < -0.4 is 0 Å². The summed E-state index contributed by atoms with van der Waals surface area (Å²) in [4.78, 5) is 26.5. The van der Waals surface area contributed by atoms with Gasteiger partial charge in [0.2, 0.25) is 5.91 Å². The number of hydrogen-bond donors (Lipinski definition) is 0. The van der Waals surface area contributed by atoms with E-state index in [0.717, 1.165) is 31.1 Å². The van der Waals surface area contributed by atoms with Crippen LogP contribution in [0.5, 0.6) is 0 Å². The van der Waals surface area contributed by atoms with E-state index in [1.165, 1.54) is 4.90 Å². The molecule has 4 rings (SSSR count).